The summed E-state index contributed by atoms with van der Waals surface area (Å²) in [6.45, 7) is 4.19. The van der Waals surface area contributed by atoms with Gasteiger partial charge in [0.1, 0.15) is 5.69 Å². The minimum absolute atomic E-state index is 0.975. The molecule has 0 bridgehead atoms. The largest absolute Gasteiger partial charge is 0.352 e. The summed E-state index contributed by atoms with van der Waals surface area (Å²) < 4.78 is 1.00. The average molecular weight is 348 g/mol. The molecule has 0 fully saturated rings. The molecule has 3 rings (SSSR count). The molecule has 0 aromatic carbocycles. The Morgan fingerprint density at radius 3 is 2.85 bits per heavy atom. The Morgan fingerprint density at radius 2 is 2.05 bits per heavy atom. The van der Waals surface area contributed by atoms with Crippen LogP contribution >= 0.6 is 27.7 Å². The van der Waals surface area contributed by atoms with E-state index in [1.54, 1.807) is 11.8 Å². The number of rotatable bonds is 3. The van der Waals surface area contributed by atoms with Crippen LogP contribution in [0.1, 0.15) is 12.5 Å². The SMILES string of the molecule is CCSc1cc(Br)cnc1-c1cc2ncc(C)cc2[nH]1. The maximum Gasteiger partial charge on any atom is 0.100 e. The molecule has 3 nitrogen and oxygen atoms in total. The van der Waals surface area contributed by atoms with Crippen LogP contribution in [0.3, 0.4) is 0 Å². The number of H-pyrrole nitrogens is 1. The van der Waals surface area contributed by atoms with Crippen LogP contribution in [0.2, 0.25) is 0 Å². The van der Waals surface area contributed by atoms with Gasteiger partial charge in [-0.05, 0) is 52.4 Å². The maximum absolute atomic E-state index is 4.56. The van der Waals surface area contributed by atoms with E-state index in [4.69, 9.17) is 0 Å². The normalized spacial score (nSPS) is 11.2. The van der Waals surface area contributed by atoms with E-state index in [9.17, 15) is 0 Å². The molecule has 0 amide bonds. The summed E-state index contributed by atoms with van der Waals surface area (Å²) in [7, 11) is 0. The van der Waals surface area contributed by atoms with Gasteiger partial charge in [-0.15, -0.1) is 11.8 Å². The number of hydrogen-bond donors (Lipinski definition) is 1. The number of hydrogen-bond acceptors (Lipinski definition) is 3. The zero-order valence-electron chi connectivity index (χ0n) is 11.3. The molecule has 0 spiro atoms. The molecule has 3 heterocycles. The predicted octanol–water partition coefficient (Wildman–Crippen LogP) is 4.81. The van der Waals surface area contributed by atoms with Crippen LogP contribution in [0.15, 0.2) is 40.0 Å². The van der Waals surface area contributed by atoms with Gasteiger partial charge >= 0.3 is 0 Å². The zero-order valence-corrected chi connectivity index (χ0v) is 13.7. The van der Waals surface area contributed by atoms with E-state index in [1.807, 2.05) is 19.3 Å². The van der Waals surface area contributed by atoms with Crippen molar-refractivity contribution in [2.75, 3.05) is 5.75 Å². The van der Waals surface area contributed by atoms with Crippen molar-refractivity contribution in [3.63, 3.8) is 0 Å². The molecule has 0 saturated carbocycles. The van der Waals surface area contributed by atoms with E-state index in [-0.39, 0.29) is 0 Å². The number of aromatic nitrogens is 3. The Hall–Kier alpha value is -1.33. The van der Waals surface area contributed by atoms with Crippen molar-refractivity contribution >= 4 is 38.7 Å². The minimum atomic E-state index is 0.975. The first-order valence-electron chi connectivity index (χ1n) is 6.41. The van der Waals surface area contributed by atoms with Gasteiger partial charge in [0.05, 0.1) is 16.7 Å². The number of thioether (sulfide) groups is 1. The number of pyridine rings is 2. The molecule has 0 aliphatic carbocycles. The summed E-state index contributed by atoms with van der Waals surface area (Å²) >= 11 is 5.28. The summed E-state index contributed by atoms with van der Waals surface area (Å²) in [5.41, 5.74) is 5.18. The summed E-state index contributed by atoms with van der Waals surface area (Å²) in [5.74, 6) is 1.02. The monoisotopic (exact) mass is 347 g/mol. The molecule has 0 saturated heterocycles. The number of aromatic amines is 1. The first kappa shape index (κ1) is 13.6. The van der Waals surface area contributed by atoms with Crippen LogP contribution in [-0.2, 0) is 0 Å². The topological polar surface area (TPSA) is 41.6 Å². The van der Waals surface area contributed by atoms with Crippen LogP contribution in [0, 0.1) is 6.92 Å². The molecular formula is C15H14BrN3S. The Morgan fingerprint density at radius 1 is 1.20 bits per heavy atom. The van der Waals surface area contributed by atoms with Crippen molar-refractivity contribution in [3.8, 4) is 11.4 Å². The molecule has 1 N–H and O–H groups in total. The fourth-order valence-electron chi connectivity index (χ4n) is 2.13. The number of aryl methyl sites for hydroxylation is 1. The van der Waals surface area contributed by atoms with Crippen LogP contribution < -0.4 is 0 Å². The highest BCUT2D eigenvalue weighted by Gasteiger charge is 2.11. The van der Waals surface area contributed by atoms with Gasteiger partial charge in [-0.25, -0.2) is 0 Å². The lowest BCUT2D eigenvalue weighted by atomic mass is 10.2. The van der Waals surface area contributed by atoms with Gasteiger partial charge in [-0.2, -0.15) is 0 Å². The third-order valence-corrected chi connectivity index (χ3v) is 4.32. The van der Waals surface area contributed by atoms with E-state index < -0.39 is 0 Å². The second kappa shape index (κ2) is 5.58. The van der Waals surface area contributed by atoms with Crippen molar-refractivity contribution in [2.24, 2.45) is 0 Å². The number of halogens is 1. The highest BCUT2D eigenvalue weighted by Crippen LogP contribution is 2.32. The molecule has 0 atom stereocenters. The van der Waals surface area contributed by atoms with E-state index in [2.05, 4.69) is 56.0 Å². The lowest BCUT2D eigenvalue weighted by Gasteiger charge is -2.06. The highest BCUT2D eigenvalue weighted by molar-refractivity contribution is 9.10. The molecule has 20 heavy (non-hydrogen) atoms. The Labute approximate surface area is 130 Å². The summed E-state index contributed by atoms with van der Waals surface area (Å²) in [6.07, 6.45) is 3.72. The smallest absolute Gasteiger partial charge is 0.100 e. The van der Waals surface area contributed by atoms with Gasteiger partial charge in [-0.1, -0.05) is 6.92 Å². The van der Waals surface area contributed by atoms with Crippen molar-refractivity contribution in [3.05, 3.63) is 40.6 Å². The van der Waals surface area contributed by atoms with Crippen LogP contribution in [0.5, 0.6) is 0 Å². The molecule has 0 radical (unpaired) electrons. The highest BCUT2D eigenvalue weighted by atomic mass is 79.9. The molecular weight excluding hydrogens is 334 g/mol. The lowest BCUT2D eigenvalue weighted by Crippen LogP contribution is -1.88. The molecule has 3 aromatic heterocycles. The molecule has 0 aliphatic rings. The Balaban J connectivity index is 2.14. The third-order valence-electron chi connectivity index (χ3n) is 2.98. The number of nitrogens with one attached hydrogen (secondary N) is 1. The van der Waals surface area contributed by atoms with Gasteiger partial charge in [0, 0.05) is 21.8 Å². The molecule has 102 valence electrons. The number of fused-ring (bicyclic) bond motifs is 1. The Kier molecular flexibility index (Phi) is 3.81. The van der Waals surface area contributed by atoms with E-state index in [0.717, 1.165) is 38.2 Å². The maximum atomic E-state index is 4.56. The zero-order chi connectivity index (χ0) is 14.1. The first-order valence-corrected chi connectivity index (χ1v) is 8.19. The van der Waals surface area contributed by atoms with Crippen molar-refractivity contribution < 1.29 is 0 Å². The molecule has 0 unspecified atom stereocenters. The van der Waals surface area contributed by atoms with Crippen LogP contribution in [0.25, 0.3) is 22.4 Å². The third kappa shape index (κ3) is 2.60. The van der Waals surface area contributed by atoms with E-state index >= 15 is 0 Å². The van der Waals surface area contributed by atoms with Crippen molar-refractivity contribution in [1.29, 1.82) is 0 Å². The standard InChI is InChI=1S/C15H14BrN3S/c1-3-20-14-5-10(16)8-18-15(14)13-6-11-12(19-13)4-9(2)7-17-11/h4-8,19H,3H2,1-2H3. The quantitative estimate of drug-likeness (QED) is 0.691. The molecule has 3 aromatic rings. The predicted molar refractivity (Wildman–Crippen MR) is 88.2 cm³/mol. The second-order valence-electron chi connectivity index (χ2n) is 4.56. The molecule has 5 heteroatoms. The van der Waals surface area contributed by atoms with E-state index in [0.29, 0.717) is 0 Å². The summed E-state index contributed by atoms with van der Waals surface area (Å²) in [6, 6.07) is 6.28. The van der Waals surface area contributed by atoms with Gasteiger partial charge in [-0.3, -0.25) is 9.97 Å². The molecule has 0 aliphatic heterocycles. The van der Waals surface area contributed by atoms with Gasteiger partial charge in [0.25, 0.3) is 0 Å². The van der Waals surface area contributed by atoms with Crippen molar-refractivity contribution in [1.82, 2.24) is 15.0 Å². The number of nitrogens with zero attached hydrogens (tertiary/aromatic N) is 2. The first-order chi connectivity index (χ1) is 9.67. The fourth-order valence-corrected chi connectivity index (χ4v) is 3.43. The second-order valence-corrected chi connectivity index (χ2v) is 6.78. The minimum Gasteiger partial charge on any atom is -0.352 e. The Bertz CT molecular complexity index is 767. The van der Waals surface area contributed by atoms with Crippen molar-refractivity contribution in [2.45, 2.75) is 18.7 Å². The van der Waals surface area contributed by atoms with Crippen LogP contribution in [-0.4, -0.2) is 20.7 Å². The summed E-state index contributed by atoms with van der Waals surface area (Å²) in [5, 5.41) is 0. The van der Waals surface area contributed by atoms with Gasteiger partial charge in [0.15, 0.2) is 0 Å². The summed E-state index contributed by atoms with van der Waals surface area (Å²) in [4.78, 5) is 13.6. The van der Waals surface area contributed by atoms with Crippen LogP contribution in [0.4, 0.5) is 0 Å². The van der Waals surface area contributed by atoms with Gasteiger partial charge in [0.2, 0.25) is 0 Å². The van der Waals surface area contributed by atoms with E-state index in [1.165, 1.54) is 4.90 Å². The average Bonchev–Trinajstić information content (AvgIpc) is 2.82. The fraction of sp³-hybridized carbons (Fsp3) is 0.200. The lowest BCUT2D eigenvalue weighted by molar-refractivity contribution is 1.20. The van der Waals surface area contributed by atoms with Gasteiger partial charge < -0.3 is 4.98 Å².